The summed E-state index contributed by atoms with van der Waals surface area (Å²) in [4.78, 5) is 4.31. The van der Waals surface area contributed by atoms with Crippen molar-refractivity contribution in [1.29, 1.82) is 0 Å². The fraction of sp³-hybridized carbons (Fsp3) is 0.471. The average Bonchev–Trinajstić information content (AvgIpc) is 2.83. The van der Waals surface area contributed by atoms with Gasteiger partial charge in [0.1, 0.15) is 5.69 Å². The first-order valence-electron chi connectivity index (χ1n) is 7.14. The van der Waals surface area contributed by atoms with Gasteiger partial charge in [-0.3, -0.25) is 0 Å². The molecule has 0 saturated carbocycles. The molecule has 0 amide bonds. The summed E-state index contributed by atoms with van der Waals surface area (Å²) in [6.07, 6.45) is 1.52. The fourth-order valence-corrected chi connectivity index (χ4v) is 2.05. The molecule has 3 nitrogen and oxygen atoms in total. The first-order chi connectivity index (χ1) is 9.38. The van der Waals surface area contributed by atoms with Crippen molar-refractivity contribution >= 4 is 0 Å². The predicted octanol–water partition coefficient (Wildman–Crippen LogP) is 4.14. The van der Waals surface area contributed by atoms with Gasteiger partial charge in [0.2, 0.25) is 0 Å². The third-order valence-electron chi connectivity index (χ3n) is 3.33. The van der Waals surface area contributed by atoms with Gasteiger partial charge in [-0.05, 0) is 11.0 Å². The van der Waals surface area contributed by atoms with Crippen molar-refractivity contribution in [2.24, 2.45) is 0 Å². The molecule has 2 aromatic rings. The quantitative estimate of drug-likeness (QED) is 0.909. The van der Waals surface area contributed by atoms with Gasteiger partial charge in [0.25, 0.3) is 0 Å². The lowest BCUT2D eigenvalue weighted by Crippen LogP contribution is -2.22. The van der Waals surface area contributed by atoms with E-state index in [9.17, 15) is 0 Å². The number of nitrogens with one attached hydrogen (secondary N) is 1. The summed E-state index contributed by atoms with van der Waals surface area (Å²) in [5, 5.41) is 3.37. The van der Waals surface area contributed by atoms with Crippen LogP contribution in [0.2, 0.25) is 0 Å². The van der Waals surface area contributed by atoms with Gasteiger partial charge in [0.15, 0.2) is 12.2 Å². The molecule has 0 unspecified atom stereocenters. The maximum atomic E-state index is 5.56. The Labute approximate surface area is 121 Å². The van der Waals surface area contributed by atoms with Crippen LogP contribution in [0.1, 0.15) is 45.9 Å². The van der Waals surface area contributed by atoms with Gasteiger partial charge in [-0.1, -0.05) is 58.9 Å². The van der Waals surface area contributed by atoms with Crippen molar-refractivity contribution in [2.75, 3.05) is 0 Å². The minimum Gasteiger partial charge on any atom is -0.443 e. The van der Waals surface area contributed by atoms with E-state index in [2.05, 4.69) is 69.2 Å². The Hall–Kier alpha value is -1.61. The molecule has 1 aromatic heterocycles. The molecule has 0 aliphatic carbocycles. The van der Waals surface area contributed by atoms with Crippen LogP contribution in [0.15, 0.2) is 35.1 Å². The number of oxazole rings is 1. The Balaban J connectivity index is 2.22. The molecule has 0 bridgehead atoms. The highest BCUT2D eigenvalue weighted by molar-refractivity contribution is 5.60. The maximum Gasteiger partial charge on any atom is 0.181 e. The zero-order chi connectivity index (χ0) is 14.8. The lowest BCUT2D eigenvalue weighted by atomic mass is 9.86. The highest BCUT2D eigenvalue weighted by atomic mass is 16.3. The van der Waals surface area contributed by atoms with E-state index in [1.54, 1.807) is 0 Å². The molecule has 1 N–H and O–H groups in total. The van der Waals surface area contributed by atoms with Gasteiger partial charge in [0.05, 0.1) is 0 Å². The van der Waals surface area contributed by atoms with E-state index in [0.717, 1.165) is 23.6 Å². The summed E-state index contributed by atoms with van der Waals surface area (Å²) in [6, 6.07) is 8.98. The predicted molar refractivity (Wildman–Crippen MR) is 82.6 cm³/mol. The van der Waals surface area contributed by atoms with Crippen molar-refractivity contribution in [3.8, 4) is 11.3 Å². The molecule has 0 spiro atoms. The van der Waals surface area contributed by atoms with Crippen LogP contribution in [0.4, 0.5) is 0 Å². The summed E-state index contributed by atoms with van der Waals surface area (Å²) in [5.41, 5.74) is 3.53. The molecule has 20 heavy (non-hydrogen) atoms. The van der Waals surface area contributed by atoms with Crippen molar-refractivity contribution in [3.05, 3.63) is 41.9 Å². The van der Waals surface area contributed by atoms with Crippen LogP contribution in [-0.2, 0) is 12.0 Å². The average molecular weight is 272 g/mol. The number of nitrogens with zero attached hydrogens (tertiary/aromatic N) is 1. The van der Waals surface area contributed by atoms with Crippen molar-refractivity contribution in [2.45, 2.75) is 52.6 Å². The molecule has 0 aliphatic heterocycles. The number of hydrogen-bond donors (Lipinski definition) is 1. The van der Waals surface area contributed by atoms with E-state index < -0.39 is 0 Å². The summed E-state index contributed by atoms with van der Waals surface area (Å²) in [7, 11) is 0. The van der Waals surface area contributed by atoms with Gasteiger partial charge >= 0.3 is 0 Å². The summed E-state index contributed by atoms with van der Waals surface area (Å²) in [5.74, 6) is 0.860. The molecule has 1 heterocycles. The molecule has 108 valence electrons. The van der Waals surface area contributed by atoms with E-state index in [-0.39, 0.29) is 5.41 Å². The van der Waals surface area contributed by atoms with Crippen LogP contribution in [0.3, 0.4) is 0 Å². The second-order valence-electron chi connectivity index (χ2n) is 6.49. The van der Waals surface area contributed by atoms with E-state index >= 15 is 0 Å². The first kappa shape index (κ1) is 14.8. The summed E-state index contributed by atoms with van der Waals surface area (Å²) in [6.45, 7) is 11.6. The standard InChI is InChI=1S/C17H24N2O/c1-12(2)18-10-15-16(20-11-19-15)13-6-8-14(9-7-13)17(3,4)5/h6-9,11-12,18H,10H2,1-5H3. The Bertz CT molecular complexity index is 547. The second-order valence-corrected chi connectivity index (χ2v) is 6.49. The Morgan fingerprint density at radius 2 is 1.80 bits per heavy atom. The smallest absolute Gasteiger partial charge is 0.181 e. The zero-order valence-electron chi connectivity index (χ0n) is 13.0. The highest BCUT2D eigenvalue weighted by Crippen LogP contribution is 2.27. The molecule has 0 radical (unpaired) electrons. The van der Waals surface area contributed by atoms with Crippen LogP contribution >= 0.6 is 0 Å². The van der Waals surface area contributed by atoms with Gasteiger partial charge in [-0.25, -0.2) is 4.98 Å². The third kappa shape index (κ3) is 3.48. The van der Waals surface area contributed by atoms with Crippen LogP contribution in [-0.4, -0.2) is 11.0 Å². The molecular weight excluding hydrogens is 248 g/mol. The molecule has 2 rings (SSSR count). The first-order valence-corrected chi connectivity index (χ1v) is 7.14. The number of aromatic nitrogens is 1. The number of rotatable bonds is 4. The van der Waals surface area contributed by atoms with E-state index in [1.165, 1.54) is 12.0 Å². The monoisotopic (exact) mass is 272 g/mol. The lowest BCUT2D eigenvalue weighted by molar-refractivity contribution is 0.562. The highest BCUT2D eigenvalue weighted by Gasteiger charge is 2.15. The second kappa shape index (κ2) is 5.80. The summed E-state index contributed by atoms with van der Waals surface area (Å²) < 4.78 is 5.56. The van der Waals surface area contributed by atoms with Crippen molar-refractivity contribution in [3.63, 3.8) is 0 Å². The van der Waals surface area contributed by atoms with Gasteiger partial charge in [0, 0.05) is 18.2 Å². The minimum absolute atomic E-state index is 0.169. The van der Waals surface area contributed by atoms with Crippen molar-refractivity contribution in [1.82, 2.24) is 10.3 Å². The van der Waals surface area contributed by atoms with Crippen LogP contribution in [0.25, 0.3) is 11.3 Å². The molecule has 0 atom stereocenters. The SMILES string of the molecule is CC(C)NCc1ncoc1-c1ccc(C(C)(C)C)cc1. The topological polar surface area (TPSA) is 38.1 Å². The normalized spacial score (nSPS) is 12.1. The largest absolute Gasteiger partial charge is 0.443 e. The fourth-order valence-electron chi connectivity index (χ4n) is 2.05. The Kier molecular flexibility index (Phi) is 4.29. The Morgan fingerprint density at radius 1 is 1.15 bits per heavy atom. The zero-order valence-corrected chi connectivity index (χ0v) is 13.0. The summed E-state index contributed by atoms with van der Waals surface area (Å²) >= 11 is 0. The maximum absolute atomic E-state index is 5.56. The van der Waals surface area contributed by atoms with Crippen LogP contribution in [0.5, 0.6) is 0 Å². The molecule has 0 aliphatic rings. The Morgan fingerprint density at radius 3 is 2.35 bits per heavy atom. The van der Waals surface area contributed by atoms with Crippen molar-refractivity contribution < 1.29 is 4.42 Å². The lowest BCUT2D eigenvalue weighted by Gasteiger charge is -2.19. The van der Waals surface area contributed by atoms with Crippen LogP contribution in [0, 0.1) is 0 Å². The van der Waals surface area contributed by atoms with Crippen LogP contribution < -0.4 is 5.32 Å². The number of benzene rings is 1. The molecular formula is C17H24N2O. The van der Waals surface area contributed by atoms with Gasteiger partial charge < -0.3 is 9.73 Å². The third-order valence-corrected chi connectivity index (χ3v) is 3.33. The van der Waals surface area contributed by atoms with E-state index in [4.69, 9.17) is 4.42 Å². The minimum atomic E-state index is 0.169. The molecule has 3 heteroatoms. The van der Waals surface area contributed by atoms with E-state index in [1.807, 2.05) is 0 Å². The molecule has 1 aromatic carbocycles. The van der Waals surface area contributed by atoms with Gasteiger partial charge in [-0.15, -0.1) is 0 Å². The molecule has 0 fully saturated rings. The number of hydrogen-bond acceptors (Lipinski definition) is 3. The van der Waals surface area contributed by atoms with Gasteiger partial charge in [-0.2, -0.15) is 0 Å². The van der Waals surface area contributed by atoms with E-state index in [0.29, 0.717) is 6.04 Å². The molecule has 0 saturated heterocycles.